The summed E-state index contributed by atoms with van der Waals surface area (Å²) in [6.07, 6.45) is 5.89. The largest absolute Gasteiger partial charge is 0.434 e. The maximum absolute atomic E-state index is 12.3. The Labute approximate surface area is 137 Å². The number of carbonyl (C=O) groups is 1. The molecule has 1 aromatic heterocycles. The molecule has 1 amide bonds. The molecule has 2 aromatic rings. The highest BCUT2D eigenvalue weighted by molar-refractivity contribution is 5.92. The van der Waals surface area contributed by atoms with E-state index in [9.17, 15) is 13.6 Å². The van der Waals surface area contributed by atoms with Crippen LogP contribution >= 0.6 is 0 Å². The minimum Gasteiger partial charge on any atom is -0.434 e. The second kappa shape index (κ2) is 9.19. The van der Waals surface area contributed by atoms with E-state index in [2.05, 4.69) is 25.3 Å². The summed E-state index contributed by atoms with van der Waals surface area (Å²) >= 11 is 0. The van der Waals surface area contributed by atoms with Crippen LogP contribution in [0.15, 0.2) is 48.8 Å². The van der Waals surface area contributed by atoms with E-state index in [0.29, 0.717) is 24.6 Å². The van der Waals surface area contributed by atoms with Crippen molar-refractivity contribution < 1.29 is 18.3 Å². The maximum atomic E-state index is 12.3. The van der Waals surface area contributed by atoms with E-state index < -0.39 is 6.61 Å². The first-order valence-electron chi connectivity index (χ1n) is 7.16. The lowest BCUT2D eigenvalue weighted by molar-refractivity contribution is -0.116. The SMILES string of the molecule is O=C(/C=C\c1ccccc1OC(F)F)NCCNc1ncccn1. The van der Waals surface area contributed by atoms with E-state index in [1.165, 1.54) is 18.2 Å². The van der Waals surface area contributed by atoms with Crippen LogP contribution < -0.4 is 15.4 Å². The van der Waals surface area contributed by atoms with Gasteiger partial charge in [-0.25, -0.2) is 9.97 Å². The minimum atomic E-state index is -2.92. The molecule has 6 nitrogen and oxygen atoms in total. The van der Waals surface area contributed by atoms with Crippen LogP contribution in [0.25, 0.3) is 6.08 Å². The Balaban J connectivity index is 1.79. The molecule has 0 radical (unpaired) electrons. The Morgan fingerprint density at radius 1 is 1.17 bits per heavy atom. The molecule has 0 saturated carbocycles. The van der Waals surface area contributed by atoms with Crippen molar-refractivity contribution in [3.8, 4) is 5.75 Å². The van der Waals surface area contributed by atoms with Crippen molar-refractivity contribution in [1.29, 1.82) is 0 Å². The van der Waals surface area contributed by atoms with E-state index >= 15 is 0 Å². The van der Waals surface area contributed by atoms with Crippen molar-refractivity contribution in [1.82, 2.24) is 15.3 Å². The first kappa shape index (κ1) is 17.3. The molecule has 126 valence electrons. The molecule has 0 aliphatic rings. The van der Waals surface area contributed by atoms with Gasteiger partial charge in [0.2, 0.25) is 11.9 Å². The number of nitrogens with one attached hydrogen (secondary N) is 2. The maximum Gasteiger partial charge on any atom is 0.387 e. The van der Waals surface area contributed by atoms with Gasteiger partial charge in [-0.2, -0.15) is 8.78 Å². The predicted molar refractivity (Wildman–Crippen MR) is 85.6 cm³/mol. The number of carbonyl (C=O) groups excluding carboxylic acids is 1. The highest BCUT2D eigenvalue weighted by Crippen LogP contribution is 2.21. The Hall–Kier alpha value is -3.03. The van der Waals surface area contributed by atoms with Gasteiger partial charge in [-0.3, -0.25) is 4.79 Å². The zero-order chi connectivity index (χ0) is 17.2. The molecule has 1 heterocycles. The molecular formula is C16H16F2N4O2. The standard InChI is InChI=1S/C16H16F2N4O2/c17-15(18)24-13-5-2-1-4-12(13)6-7-14(23)19-10-11-22-16-20-8-3-9-21-16/h1-9,15H,10-11H2,(H,19,23)(H,20,21,22)/b7-6-. The number of amides is 1. The number of ether oxygens (including phenoxy) is 1. The van der Waals surface area contributed by atoms with E-state index in [-0.39, 0.29) is 11.7 Å². The molecule has 2 rings (SSSR count). The first-order valence-corrected chi connectivity index (χ1v) is 7.16. The van der Waals surface area contributed by atoms with E-state index in [4.69, 9.17) is 0 Å². The topological polar surface area (TPSA) is 76.1 Å². The van der Waals surface area contributed by atoms with Gasteiger partial charge in [-0.15, -0.1) is 0 Å². The third-order valence-electron chi connectivity index (χ3n) is 2.82. The predicted octanol–water partition coefficient (Wildman–Crippen LogP) is 2.32. The Bertz CT molecular complexity index is 681. The van der Waals surface area contributed by atoms with E-state index in [1.54, 1.807) is 36.7 Å². The summed E-state index contributed by atoms with van der Waals surface area (Å²) in [5.74, 6) is 0.137. The number of halogens is 2. The van der Waals surface area contributed by atoms with E-state index in [1.807, 2.05) is 0 Å². The number of rotatable bonds is 8. The van der Waals surface area contributed by atoms with Gasteiger partial charge in [0.05, 0.1) is 0 Å². The van der Waals surface area contributed by atoms with Crippen LogP contribution in [0.5, 0.6) is 5.75 Å². The van der Waals surface area contributed by atoms with Crippen LogP contribution in [0.1, 0.15) is 5.56 Å². The molecule has 0 fully saturated rings. The summed E-state index contributed by atoms with van der Waals surface area (Å²) in [5, 5.41) is 5.59. The van der Waals surface area contributed by atoms with Gasteiger partial charge >= 0.3 is 6.61 Å². The van der Waals surface area contributed by atoms with Gasteiger partial charge in [0.1, 0.15) is 5.75 Å². The van der Waals surface area contributed by atoms with Gasteiger partial charge in [0.25, 0.3) is 0 Å². The summed E-state index contributed by atoms with van der Waals surface area (Å²) < 4.78 is 29.0. The third-order valence-corrected chi connectivity index (χ3v) is 2.82. The quantitative estimate of drug-likeness (QED) is 0.572. The summed E-state index contributed by atoms with van der Waals surface area (Å²) in [5.41, 5.74) is 0.392. The molecule has 0 unspecified atom stereocenters. The van der Waals surface area contributed by atoms with Crippen LogP contribution in [0.2, 0.25) is 0 Å². The fourth-order valence-corrected chi connectivity index (χ4v) is 1.80. The summed E-state index contributed by atoms with van der Waals surface area (Å²) in [6.45, 7) is -2.11. The Morgan fingerprint density at radius 3 is 2.67 bits per heavy atom. The first-order chi connectivity index (χ1) is 11.6. The summed E-state index contributed by atoms with van der Waals surface area (Å²) in [6, 6.07) is 7.93. The molecule has 0 atom stereocenters. The van der Waals surface area contributed by atoms with E-state index in [0.717, 1.165) is 0 Å². The number of anilines is 1. The number of aromatic nitrogens is 2. The highest BCUT2D eigenvalue weighted by atomic mass is 19.3. The van der Waals surface area contributed by atoms with Gasteiger partial charge in [-0.1, -0.05) is 18.2 Å². The lowest BCUT2D eigenvalue weighted by atomic mass is 10.2. The second-order valence-electron chi connectivity index (χ2n) is 4.54. The zero-order valence-corrected chi connectivity index (χ0v) is 12.7. The number of hydrogen-bond acceptors (Lipinski definition) is 5. The third kappa shape index (κ3) is 5.99. The van der Waals surface area contributed by atoms with Crippen molar-refractivity contribution in [3.05, 3.63) is 54.4 Å². The van der Waals surface area contributed by atoms with Gasteiger partial charge in [-0.05, 0) is 18.2 Å². The number of benzene rings is 1. The van der Waals surface area contributed by atoms with Crippen LogP contribution in [-0.4, -0.2) is 35.6 Å². The monoisotopic (exact) mass is 334 g/mol. The smallest absolute Gasteiger partial charge is 0.387 e. The highest BCUT2D eigenvalue weighted by Gasteiger charge is 2.07. The lowest BCUT2D eigenvalue weighted by Crippen LogP contribution is -2.27. The molecule has 0 aliphatic heterocycles. The van der Waals surface area contributed by atoms with Crippen molar-refractivity contribution >= 4 is 17.9 Å². The normalized spacial score (nSPS) is 10.8. The van der Waals surface area contributed by atoms with Crippen LogP contribution in [0.3, 0.4) is 0 Å². The molecular weight excluding hydrogens is 318 g/mol. The minimum absolute atomic E-state index is 0.0134. The molecule has 0 bridgehead atoms. The van der Waals surface area contributed by atoms with Gasteiger partial charge in [0, 0.05) is 37.1 Å². The average molecular weight is 334 g/mol. The van der Waals surface area contributed by atoms with Crippen molar-refractivity contribution in [2.45, 2.75) is 6.61 Å². The molecule has 1 aromatic carbocycles. The van der Waals surface area contributed by atoms with Crippen molar-refractivity contribution in [2.75, 3.05) is 18.4 Å². The molecule has 0 saturated heterocycles. The Kier molecular flexibility index (Phi) is 6.63. The Morgan fingerprint density at radius 2 is 1.92 bits per heavy atom. The molecule has 0 spiro atoms. The number of hydrogen-bond donors (Lipinski definition) is 2. The van der Waals surface area contributed by atoms with Gasteiger partial charge in [0.15, 0.2) is 0 Å². The van der Waals surface area contributed by atoms with Crippen LogP contribution in [0.4, 0.5) is 14.7 Å². The van der Waals surface area contributed by atoms with Crippen LogP contribution in [-0.2, 0) is 4.79 Å². The summed E-state index contributed by atoms with van der Waals surface area (Å²) in [4.78, 5) is 19.7. The fraction of sp³-hybridized carbons (Fsp3) is 0.188. The molecule has 8 heteroatoms. The fourth-order valence-electron chi connectivity index (χ4n) is 1.80. The van der Waals surface area contributed by atoms with Gasteiger partial charge < -0.3 is 15.4 Å². The zero-order valence-electron chi connectivity index (χ0n) is 12.7. The van der Waals surface area contributed by atoms with Crippen molar-refractivity contribution in [3.63, 3.8) is 0 Å². The second-order valence-corrected chi connectivity index (χ2v) is 4.54. The molecule has 24 heavy (non-hydrogen) atoms. The van der Waals surface area contributed by atoms with Crippen LogP contribution in [0, 0.1) is 0 Å². The number of nitrogens with zero attached hydrogens (tertiary/aromatic N) is 2. The number of alkyl halides is 2. The molecule has 0 aliphatic carbocycles. The lowest BCUT2D eigenvalue weighted by Gasteiger charge is -2.07. The average Bonchev–Trinajstić information content (AvgIpc) is 2.58. The number of para-hydroxylation sites is 1. The molecule has 2 N–H and O–H groups in total. The summed E-state index contributed by atoms with van der Waals surface area (Å²) in [7, 11) is 0. The van der Waals surface area contributed by atoms with Crippen molar-refractivity contribution in [2.24, 2.45) is 0 Å².